The van der Waals surface area contributed by atoms with Crippen LogP contribution in [0.5, 0.6) is 5.75 Å². The maximum atomic E-state index is 15.5. The number of allylic oxidation sites excluding steroid dienone is 5. The molecule has 1 aliphatic carbocycles. The summed E-state index contributed by atoms with van der Waals surface area (Å²) in [4.78, 5) is 13.1. The fourth-order valence-corrected chi connectivity index (χ4v) is 5.72. The molecule has 0 aliphatic heterocycles. The van der Waals surface area contributed by atoms with Crippen LogP contribution in [-0.2, 0) is 30.8 Å². The van der Waals surface area contributed by atoms with Gasteiger partial charge in [-0.15, -0.1) is 0 Å². The minimum Gasteiger partial charge on any atom is -0.497 e. The van der Waals surface area contributed by atoms with Crippen molar-refractivity contribution in [3.05, 3.63) is 78.2 Å². The van der Waals surface area contributed by atoms with Gasteiger partial charge in [-0.3, -0.25) is 4.79 Å². The zero-order chi connectivity index (χ0) is 26.8. The summed E-state index contributed by atoms with van der Waals surface area (Å²) < 4.78 is 60.5. The number of hydrogen-bond donors (Lipinski definition) is 0. The standard InChI is InChI=1S/C27H36FNO6S/c1-6-8-18-35-20-24(36(31,32)29(3)19-21-13-15-22(33-4)16-14-21)23(11-7-2)27(26(30)34-5)17-10-9-12-25(27)28/h7,9-16,24H,2,6,8,17-20H2,1,3-5H3/b23-11+. The molecule has 0 spiro atoms. The van der Waals surface area contributed by atoms with Gasteiger partial charge in [-0.05, 0) is 42.2 Å². The highest BCUT2D eigenvalue weighted by Crippen LogP contribution is 2.47. The van der Waals surface area contributed by atoms with Gasteiger partial charge in [0, 0.05) is 20.2 Å². The number of esters is 1. The maximum Gasteiger partial charge on any atom is 0.323 e. The third kappa shape index (κ3) is 6.52. The van der Waals surface area contributed by atoms with Crippen molar-refractivity contribution >= 4 is 16.0 Å². The van der Waals surface area contributed by atoms with Crippen molar-refractivity contribution < 1.29 is 31.8 Å². The third-order valence-corrected chi connectivity index (χ3v) is 8.26. The first-order chi connectivity index (χ1) is 17.2. The van der Waals surface area contributed by atoms with Gasteiger partial charge in [-0.2, -0.15) is 0 Å². The van der Waals surface area contributed by atoms with Crippen LogP contribution in [0, 0.1) is 5.41 Å². The molecule has 1 aromatic rings. The average Bonchev–Trinajstić information content (AvgIpc) is 2.88. The topological polar surface area (TPSA) is 82.1 Å². The number of carbonyl (C=O) groups is 1. The van der Waals surface area contributed by atoms with Gasteiger partial charge in [0.1, 0.15) is 22.2 Å². The van der Waals surface area contributed by atoms with Gasteiger partial charge < -0.3 is 14.2 Å². The van der Waals surface area contributed by atoms with E-state index in [2.05, 4.69) is 6.58 Å². The lowest BCUT2D eigenvalue weighted by Crippen LogP contribution is -2.47. The molecular formula is C27H36FNO6S. The average molecular weight is 522 g/mol. The molecule has 0 radical (unpaired) electrons. The predicted molar refractivity (Wildman–Crippen MR) is 139 cm³/mol. The smallest absolute Gasteiger partial charge is 0.323 e. The first kappa shape index (κ1) is 29.5. The van der Waals surface area contributed by atoms with E-state index in [1.54, 1.807) is 37.5 Å². The molecule has 2 unspecified atom stereocenters. The number of nitrogens with zero attached hydrogens (tertiary/aromatic N) is 1. The lowest BCUT2D eigenvalue weighted by molar-refractivity contribution is -0.149. The number of rotatable bonds is 14. The Labute approximate surface area is 214 Å². The lowest BCUT2D eigenvalue weighted by Gasteiger charge is -2.37. The van der Waals surface area contributed by atoms with Crippen LogP contribution in [0.3, 0.4) is 0 Å². The van der Waals surface area contributed by atoms with Gasteiger partial charge in [0.05, 0.1) is 20.8 Å². The zero-order valence-electron chi connectivity index (χ0n) is 21.4. The largest absolute Gasteiger partial charge is 0.497 e. The molecule has 0 amide bonds. The van der Waals surface area contributed by atoms with Crippen LogP contribution in [-0.4, -0.2) is 58.4 Å². The minimum absolute atomic E-state index is 0.0144. The zero-order valence-corrected chi connectivity index (χ0v) is 22.2. The first-order valence-corrected chi connectivity index (χ1v) is 13.3. The molecule has 1 aromatic carbocycles. The van der Waals surface area contributed by atoms with Gasteiger partial charge >= 0.3 is 5.97 Å². The summed E-state index contributed by atoms with van der Waals surface area (Å²) in [5.74, 6) is -1.04. The van der Waals surface area contributed by atoms with E-state index in [0.29, 0.717) is 12.4 Å². The van der Waals surface area contributed by atoms with Crippen molar-refractivity contribution in [2.24, 2.45) is 5.41 Å². The van der Waals surface area contributed by atoms with Crippen LogP contribution in [0.4, 0.5) is 4.39 Å². The fraction of sp³-hybridized carbons (Fsp3) is 0.444. The number of halogens is 1. The van der Waals surface area contributed by atoms with E-state index in [0.717, 1.165) is 31.6 Å². The van der Waals surface area contributed by atoms with E-state index >= 15 is 4.39 Å². The van der Waals surface area contributed by atoms with Crippen molar-refractivity contribution in [1.82, 2.24) is 4.31 Å². The van der Waals surface area contributed by atoms with Crippen LogP contribution < -0.4 is 4.74 Å². The number of unbranched alkanes of at least 4 members (excludes halogenated alkanes) is 1. The van der Waals surface area contributed by atoms with Crippen molar-refractivity contribution in [2.75, 3.05) is 34.5 Å². The highest BCUT2D eigenvalue weighted by Gasteiger charge is 2.52. The molecule has 9 heteroatoms. The van der Waals surface area contributed by atoms with Crippen LogP contribution in [0.1, 0.15) is 31.7 Å². The Hall–Kier alpha value is -2.75. The SMILES string of the molecule is C=C/C=C(\C(COCCCC)S(=O)(=O)N(C)Cc1ccc(OC)cc1)C1(C(=O)OC)CC=CC=C1F. The Morgan fingerprint density at radius 1 is 1.28 bits per heavy atom. The van der Waals surface area contributed by atoms with E-state index in [1.165, 1.54) is 29.6 Å². The molecule has 0 aromatic heterocycles. The summed E-state index contributed by atoms with van der Waals surface area (Å²) >= 11 is 0. The van der Waals surface area contributed by atoms with Gasteiger partial charge in [0.25, 0.3) is 0 Å². The predicted octanol–water partition coefficient (Wildman–Crippen LogP) is 4.73. The number of benzene rings is 1. The molecule has 198 valence electrons. The molecule has 36 heavy (non-hydrogen) atoms. The van der Waals surface area contributed by atoms with E-state index in [9.17, 15) is 13.2 Å². The van der Waals surface area contributed by atoms with Crippen LogP contribution in [0.25, 0.3) is 0 Å². The molecular weight excluding hydrogens is 485 g/mol. The summed E-state index contributed by atoms with van der Waals surface area (Å²) in [6, 6.07) is 7.01. The molecule has 0 N–H and O–H groups in total. The molecule has 0 bridgehead atoms. The molecule has 7 nitrogen and oxygen atoms in total. The Morgan fingerprint density at radius 2 is 1.97 bits per heavy atom. The summed E-state index contributed by atoms with van der Waals surface area (Å²) in [5.41, 5.74) is -1.19. The van der Waals surface area contributed by atoms with Crippen molar-refractivity contribution in [3.8, 4) is 5.75 Å². The van der Waals surface area contributed by atoms with Gasteiger partial charge in [0.2, 0.25) is 10.0 Å². The summed E-state index contributed by atoms with van der Waals surface area (Å²) in [7, 11) is 0.00548. The normalized spacial score (nSPS) is 19.1. The summed E-state index contributed by atoms with van der Waals surface area (Å²) in [6.07, 6.45) is 8.48. The van der Waals surface area contributed by atoms with Crippen LogP contribution >= 0.6 is 0 Å². The monoisotopic (exact) mass is 521 g/mol. The first-order valence-electron chi connectivity index (χ1n) is 11.8. The molecule has 0 fully saturated rings. The quantitative estimate of drug-likeness (QED) is 0.200. The Balaban J connectivity index is 2.56. The molecule has 2 rings (SSSR count). The van der Waals surface area contributed by atoms with Crippen molar-refractivity contribution in [1.29, 1.82) is 0 Å². The maximum absolute atomic E-state index is 15.5. The number of sulfonamides is 1. The Bertz CT molecular complexity index is 1090. The Kier molecular flexibility index (Phi) is 11.1. The van der Waals surface area contributed by atoms with Gasteiger partial charge in [-0.25, -0.2) is 17.1 Å². The second-order valence-corrected chi connectivity index (χ2v) is 10.7. The third-order valence-electron chi connectivity index (χ3n) is 6.15. The number of hydrogen-bond acceptors (Lipinski definition) is 6. The van der Waals surface area contributed by atoms with Gasteiger partial charge in [0.15, 0.2) is 0 Å². The summed E-state index contributed by atoms with van der Waals surface area (Å²) in [5, 5.41) is -1.36. The second-order valence-electron chi connectivity index (χ2n) is 8.47. The highest BCUT2D eigenvalue weighted by molar-refractivity contribution is 7.89. The molecule has 0 saturated carbocycles. The van der Waals surface area contributed by atoms with E-state index in [4.69, 9.17) is 14.2 Å². The fourth-order valence-electron chi connectivity index (χ4n) is 4.09. The van der Waals surface area contributed by atoms with Crippen molar-refractivity contribution in [2.45, 2.75) is 38.0 Å². The number of carbonyl (C=O) groups excluding carboxylic acids is 1. The Morgan fingerprint density at radius 3 is 2.53 bits per heavy atom. The van der Waals surface area contributed by atoms with Crippen LogP contribution in [0.2, 0.25) is 0 Å². The van der Waals surface area contributed by atoms with E-state index < -0.39 is 32.5 Å². The highest BCUT2D eigenvalue weighted by atomic mass is 32.2. The van der Waals surface area contributed by atoms with E-state index in [-0.39, 0.29) is 25.1 Å². The molecule has 0 saturated heterocycles. The van der Waals surface area contributed by atoms with Crippen molar-refractivity contribution in [3.63, 3.8) is 0 Å². The molecule has 2 atom stereocenters. The lowest BCUT2D eigenvalue weighted by atomic mass is 9.72. The number of ether oxygens (including phenoxy) is 3. The van der Waals surface area contributed by atoms with Gasteiger partial charge in [-0.1, -0.05) is 56.4 Å². The van der Waals surface area contributed by atoms with E-state index in [1.807, 2.05) is 6.92 Å². The molecule has 1 aliphatic rings. The minimum atomic E-state index is -4.14. The molecule has 0 heterocycles. The van der Waals surface area contributed by atoms with Crippen LogP contribution in [0.15, 0.2) is 72.6 Å². The second kappa shape index (κ2) is 13.5. The number of methoxy groups -OCH3 is 2. The summed E-state index contributed by atoms with van der Waals surface area (Å²) in [6.45, 7) is 5.81.